The van der Waals surface area contributed by atoms with Gasteiger partial charge in [0.2, 0.25) is 0 Å². The van der Waals surface area contributed by atoms with Crippen LogP contribution in [0.1, 0.15) is 25.7 Å². The molecule has 0 bridgehead atoms. The van der Waals surface area contributed by atoms with E-state index < -0.39 is 0 Å². The Morgan fingerprint density at radius 1 is 0.909 bits per heavy atom. The van der Waals surface area contributed by atoms with Crippen LogP contribution in [0.15, 0.2) is 25.3 Å². The van der Waals surface area contributed by atoms with Gasteiger partial charge in [-0.3, -0.25) is 0 Å². The Balaban J connectivity index is 2.79. The Labute approximate surface area is 83.2 Å². The Morgan fingerprint density at radius 3 is 1.73 bits per heavy atom. The summed E-state index contributed by atoms with van der Waals surface area (Å²) in [6.07, 6.45) is 9.39. The summed E-state index contributed by atoms with van der Waals surface area (Å²) < 4.78 is 3.17. The maximum absolute atomic E-state index is 3.72. The first-order chi connectivity index (χ1) is 5.41. The topological polar surface area (TPSA) is 0 Å². The molecule has 0 aliphatic rings. The third-order valence-corrected chi connectivity index (χ3v) is 9.59. The maximum atomic E-state index is 3.72. The second-order valence-corrected chi connectivity index (χ2v) is 11.2. The molecule has 0 aliphatic carbocycles. The average molecular weight is 339 g/mol. The molecule has 11 heavy (non-hydrogen) atoms. The minimum absolute atomic E-state index is 0.386. The van der Waals surface area contributed by atoms with Crippen LogP contribution in [-0.4, -0.2) is 0 Å². The van der Waals surface area contributed by atoms with Gasteiger partial charge in [-0.1, -0.05) is 0 Å². The molecule has 0 saturated carbocycles. The molecule has 0 radical (unpaired) electrons. The Bertz CT molecular complexity index is 85.0. The number of hydrogen-bond donors (Lipinski definition) is 0. The van der Waals surface area contributed by atoms with Crippen molar-refractivity contribution in [3.05, 3.63) is 25.3 Å². The van der Waals surface area contributed by atoms with Crippen LogP contribution in [0, 0.1) is 0 Å². The van der Waals surface area contributed by atoms with Crippen LogP contribution in [-0.2, 0) is 24.6 Å². The standard InChI is InChI=1S/2C5H9.Hg/c2*1-3-5-4-2;/h2*3H,1-2,4-5H2;. The molecule has 0 aromatic rings. The van der Waals surface area contributed by atoms with Crippen molar-refractivity contribution < 1.29 is 24.6 Å². The van der Waals surface area contributed by atoms with Crippen molar-refractivity contribution in [2.45, 2.75) is 33.5 Å². The molecule has 0 nitrogen and oxygen atoms in total. The molecule has 0 aliphatic heterocycles. The molecule has 0 unspecified atom stereocenters. The van der Waals surface area contributed by atoms with E-state index in [2.05, 4.69) is 13.2 Å². The number of rotatable bonds is 8. The molecular formula is C10H18Hg. The first kappa shape index (κ1) is 11.4. The van der Waals surface area contributed by atoms with E-state index in [-0.39, 0.29) is 24.6 Å². The first-order valence-corrected chi connectivity index (χ1v) is 12.4. The first-order valence-electron chi connectivity index (χ1n) is 4.63. The van der Waals surface area contributed by atoms with Gasteiger partial charge in [-0.15, -0.1) is 0 Å². The Morgan fingerprint density at radius 2 is 1.36 bits per heavy atom. The second kappa shape index (κ2) is 10.4. The summed E-state index contributed by atoms with van der Waals surface area (Å²) >= 11 is -0.386. The number of unbranched alkanes of at least 4 members (excludes halogenated alkanes) is 2. The van der Waals surface area contributed by atoms with Crippen LogP contribution in [0.5, 0.6) is 0 Å². The quantitative estimate of drug-likeness (QED) is 0.358. The Hall–Kier alpha value is 0.415. The molecule has 60 valence electrons. The van der Waals surface area contributed by atoms with Crippen LogP contribution in [0.2, 0.25) is 7.86 Å². The van der Waals surface area contributed by atoms with Crippen LogP contribution in [0.4, 0.5) is 0 Å². The van der Waals surface area contributed by atoms with Crippen molar-refractivity contribution in [3.63, 3.8) is 0 Å². The fourth-order valence-electron chi connectivity index (χ4n) is 1.11. The molecular weight excluding hydrogens is 321 g/mol. The van der Waals surface area contributed by atoms with E-state index in [1.165, 1.54) is 25.7 Å². The van der Waals surface area contributed by atoms with Gasteiger partial charge in [-0.05, 0) is 0 Å². The van der Waals surface area contributed by atoms with Crippen LogP contribution in [0.25, 0.3) is 0 Å². The van der Waals surface area contributed by atoms with E-state index in [0.717, 1.165) is 0 Å². The van der Waals surface area contributed by atoms with E-state index >= 15 is 0 Å². The molecule has 1 heteroatoms. The molecule has 0 spiro atoms. The van der Waals surface area contributed by atoms with E-state index in [4.69, 9.17) is 0 Å². The predicted molar refractivity (Wildman–Crippen MR) is 48.5 cm³/mol. The average Bonchev–Trinajstić information content (AvgIpc) is 2.03. The van der Waals surface area contributed by atoms with Gasteiger partial charge >= 0.3 is 83.4 Å². The fourth-order valence-corrected chi connectivity index (χ4v) is 7.48. The predicted octanol–water partition coefficient (Wildman–Crippen LogP) is 3.84. The number of allylic oxidation sites excluding steroid dienone is 2. The monoisotopic (exact) mass is 340 g/mol. The van der Waals surface area contributed by atoms with Crippen molar-refractivity contribution in [3.8, 4) is 0 Å². The number of hydrogen-bond acceptors (Lipinski definition) is 0. The summed E-state index contributed by atoms with van der Waals surface area (Å²) in [4.78, 5) is 0. The van der Waals surface area contributed by atoms with Crippen molar-refractivity contribution in [2.75, 3.05) is 0 Å². The normalized spacial score (nSPS) is 8.73. The Kier molecular flexibility index (Phi) is 10.8. The van der Waals surface area contributed by atoms with Gasteiger partial charge in [-0.2, -0.15) is 0 Å². The zero-order chi connectivity index (χ0) is 8.36. The van der Waals surface area contributed by atoms with Gasteiger partial charge in [0.05, 0.1) is 0 Å². The van der Waals surface area contributed by atoms with Crippen LogP contribution in [0.3, 0.4) is 0 Å². The zero-order valence-electron chi connectivity index (χ0n) is 7.52. The van der Waals surface area contributed by atoms with Crippen molar-refractivity contribution >= 4 is 0 Å². The third-order valence-electron chi connectivity index (χ3n) is 1.82. The molecule has 0 N–H and O–H groups in total. The van der Waals surface area contributed by atoms with Gasteiger partial charge in [0, 0.05) is 0 Å². The van der Waals surface area contributed by atoms with E-state index in [9.17, 15) is 0 Å². The van der Waals surface area contributed by atoms with Crippen molar-refractivity contribution in [1.82, 2.24) is 0 Å². The molecule has 0 atom stereocenters. The summed E-state index contributed by atoms with van der Waals surface area (Å²) in [5.41, 5.74) is 0. The van der Waals surface area contributed by atoms with Gasteiger partial charge in [0.15, 0.2) is 0 Å². The van der Waals surface area contributed by atoms with Gasteiger partial charge in [0.1, 0.15) is 0 Å². The van der Waals surface area contributed by atoms with E-state index in [1.54, 1.807) is 7.86 Å². The van der Waals surface area contributed by atoms with Gasteiger partial charge < -0.3 is 0 Å². The molecule has 0 heterocycles. The summed E-state index contributed by atoms with van der Waals surface area (Å²) in [5, 5.41) is 0. The van der Waals surface area contributed by atoms with Crippen molar-refractivity contribution in [2.24, 2.45) is 0 Å². The molecule has 0 fully saturated rings. The molecule has 0 amide bonds. The van der Waals surface area contributed by atoms with E-state index in [1.807, 2.05) is 12.2 Å². The summed E-state index contributed by atoms with van der Waals surface area (Å²) in [7, 11) is 0. The van der Waals surface area contributed by atoms with Gasteiger partial charge in [0.25, 0.3) is 0 Å². The molecule has 0 aromatic carbocycles. The summed E-state index contributed by atoms with van der Waals surface area (Å²) in [6.45, 7) is 7.44. The third kappa shape index (κ3) is 10.4. The molecule has 0 aromatic heterocycles. The molecule has 0 rings (SSSR count). The minimum atomic E-state index is -0.386. The van der Waals surface area contributed by atoms with Gasteiger partial charge in [-0.25, -0.2) is 0 Å². The SMILES string of the molecule is C=CCC[CH2][Hg][CH2]CCC=C. The van der Waals surface area contributed by atoms with E-state index in [0.29, 0.717) is 0 Å². The van der Waals surface area contributed by atoms with Crippen molar-refractivity contribution in [1.29, 1.82) is 0 Å². The van der Waals surface area contributed by atoms with Crippen LogP contribution >= 0.6 is 0 Å². The summed E-state index contributed by atoms with van der Waals surface area (Å²) in [5.74, 6) is 0. The van der Waals surface area contributed by atoms with Crippen LogP contribution < -0.4 is 0 Å². The second-order valence-electron chi connectivity index (χ2n) is 2.92. The zero-order valence-corrected chi connectivity index (χ0v) is 13.0. The summed E-state index contributed by atoms with van der Waals surface area (Å²) in [6, 6.07) is 0. The molecule has 0 saturated heterocycles. The fraction of sp³-hybridized carbons (Fsp3) is 0.600.